The lowest BCUT2D eigenvalue weighted by Gasteiger charge is -2.31. The predicted octanol–water partition coefficient (Wildman–Crippen LogP) is 1.79. The van der Waals surface area contributed by atoms with Gasteiger partial charge in [-0.2, -0.15) is 0 Å². The lowest BCUT2D eigenvalue weighted by Crippen LogP contribution is -2.43. The van der Waals surface area contributed by atoms with Crippen molar-refractivity contribution in [2.75, 3.05) is 32.0 Å². The minimum Gasteiger partial charge on any atom is -0.475 e. The summed E-state index contributed by atoms with van der Waals surface area (Å²) in [5.74, 6) is -0.270. The zero-order valence-electron chi connectivity index (χ0n) is 10.3. The maximum Gasteiger partial charge on any atom is 0.371 e. The Morgan fingerprint density at radius 3 is 3.11 bits per heavy atom. The summed E-state index contributed by atoms with van der Waals surface area (Å²) >= 11 is 1.50. The number of morpholine rings is 1. The van der Waals surface area contributed by atoms with Crippen LogP contribution in [-0.4, -0.2) is 54.1 Å². The highest BCUT2D eigenvalue weighted by Crippen LogP contribution is 2.23. The number of likely N-dealkylation sites (N-methyl/N-ethyl adjacent to an activating group) is 1. The minimum atomic E-state index is -1.03. The van der Waals surface area contributed by atoms with Crippen LogP contribution < -0.4 is 0 Å². The first-order valence-electron chi connectivity index (χ1n) is 5.99. The summed E-state index contributed by atoms with van der Waals surface area (Å²) in [6.45, 7) is 5.85. The number of carboxylic acids is 1. The van der Waals surface area contributed by atoms with Crippen molar-refractivity contribution in [3.8, 4) is 0 Å². The topological polar surface area (TPSA) is 62.9 Å². The SMILES string of the molecule is CCN1CCOC(CSc2ccc(C(=O)O)o2)C1. The molecule has 100 valence electrons. The van der Waals surface area contributed by atoms with Gasteiger partial charge in [-0.25, -0.2) is 4.79 Å². The number of thioether (sulfide) groups is 1. The third-order valence-electron chi connectivity index (χ3n) is 2.87. The molecule has 0 amide bonds. The Labute approximate surface area is 110 Å². The molecule has 0 radical (unpaired) electrons. The fraction of sp³-hybridized carbons (Fsp3) is 0.583. The van der Waals surface area contributed by atoms with Gasteiger partial charge in [0.15, 0.2) is 5.09 Å². The molecule has 0 aliphatic carbocycles. The summed E-state index contributed by atoms with van der Waals surface area (Å²) in [4.78, 5) is 13.0. The molecule has 0 saturated carbocycles. The van der Waals surface area contributed by atoms with E-state index in [-0.39, 0.29) is 11.9 Å². The molecular weight excluding hydrogens is 254 g/mol. The first kappa shape index (κ1) is 13.5. The molecule has 6 heteroatoms. The summed E-state index contributed by atoms with van der Waals surface area (Å²) in [5, 5.41) is 9.38. The molecule has 0 bridgehead atoms. The van der Waals surface area contributed by atoms with E-state index in [4.69, 9.17) is 14.3 Å². The highest BCUT2D eigenvalue weighted by atomic mass is 32.2. The molecule has 1 saturated heterocycles. The quantitative estimate of drug-likeness (QED) is 0.824. The van der Waals surface area contributed by atoms with Crippen LogP contribution in [-0.2, 0) is 4.74 Å². The number of hydrogen-bond acceptors (Lipinski definition) is 5. The fourth-order valence-electron chi connectivity index (χ4n) is 1.86. The molecule has 18 heavy (non-hydrogen) atoms. The summed E-state index contributed by atoms with van der Waals surface area (Å²) in [5.41, 5.74) is 0. The van der Waals surface area contributed by atoms with Gasteiger partial charge < -0.3 is 14.3 Å². The van der Waals surface area contributed by atoms with Gasteiger partial charge in [-0.05, 0) is 18.7 Å². The Morgan fingerprint density at radius 1 is 1.61 bits per heavy atom. The molecule has 1 aromatic heterocycles. The molecule has 1 N–H and O–H groups in total. The van der Waals surface area contributed by atoms with E-state index in [2.05, 4.69) is 11.8 Å². The second-order valence-corrected chi connectivity index (χ2v) is 5.15. The Bertz CT molecular complexity index is 407. The van der Waals surface area contributed by atoms with E-state index in [0.717, 1.165) is 32.0 Å². The Kier molecular flexibility index (Phi) is 4.68. The van der Waals surface area contributed by atoms with Crippen LogP contribution in [0.5, 0.6) is 0 Å². The molecular formula is C12H17NO4S. The van der Waals surface area contributed by atoms with Crippen molar-refractivity contribution >= 4 is 17.7 Å². The van der Waals surface area contributed by atoms with Crippen LogP contribution in [0.1, 0.15) is 17.5 Å². The number of nitrogens with zero attached hydrogens (tertiary/aromatic N) is 1. The fourth-order valence-corrected chi connectivity index (χ4v) is 2.72. The number of carboxylic acid groups (broad SMARTS) is 1. The lowest BCUT2D eigenvalue weighted by molar-refractivity contribution is -0.0137. The summed E-state index contributed by atoms with van der Waals surface area (Å²) < 4.78 is 10.8. The highest BCUT2D eigenvalue weighted by molar-refractivity contribution is 7.99. The number of aromatic carboxylic acids is 1. The zero-order chi connectivity index (χ0) is 13.0. The highest BCUT2D eigenvalue weighted by Gasteiger charge is 2.20. The van der Waals surface area contributed by atoms with E-state index < -0.39 is 5.97 Å². The molecule has 1 atom stereocenters. The van der Waals surface area contributed by atoms with Gasteiger partial charge in [-0.1, -0.05) is 18.7 Å². The Balaban J connectivity index is 1.81. The molecule has 1 fully saturated rings. The van der Waals surface area contributed by atoms with E-state index in [0.29, 0.717) is 5.09 Å². The van der Waals surface area contributed by atoms with E-state index in [1.807, 2.05) is 0 Å². The summed E-state index contributed by atoms with van der Waals surface area (Å²) in [6, 6.07) is 3.17. The van der Waals surface area contributed by atoms with Crippen molar-refractivity contribution in [3.05, 3.63) is 17.9 Å². The standard InChI is InChI=1S/C12H17NO4S/c1-2-13-5-6-16-9(7-13)8-18-11-4-3-10(17-11)12(14)15/h3-4,9H,2,5-8H2,1H3,(H,14,15). The summed E-state index contributed by atoms with van der Waals surface area (Å²) in [7, 11) is 0. The Hall–Kier alpha value is -0.980. The predicted molar refractivity (Wildman–Crippen MR) is 68.2 cm³/mol. The molecule has 5 nitrogen and oxygen atoms in total. The van der Waals surface area contributed by atoms with Gasteiger partial charge in [0.2, 0.25) is 5.76 Å². The molecule has 1 aromatic rings. The van der Waals surface area contributed by atoms with E-state index in [1.54, 1.807) is 6.07 Å². The van der Waals surface area contributed by atoms with Crippen LogP contribution in [0, 0.1) is 0 Å². The molecule has 0 spiro atoms. The zero-order valence-corrected chi connectivity index (χ0v) is 11.1. The number of furan rings is 1. The normalized spacial score (nSPS) is 21.1. The second kappa shape index (κ2) is 6.26. The Morgan fingerprint density at radius 2 is 2.44 bits per heavy atom. The monoisotopic (exact) mass is 271 g/mol. The smallest absolute Gasteiger partial charge is 0.371 e. The third-order valence-corrected chi connectivity index (χ3v) is 3.92. The first-order valence-corrected chi connectivity index (χ1v) is 6.97. The van der Waals surface area contributed by atoms with Crippen molar-refractivity contribution in [2.24, 2.45) is 0 Å². The van der Waals surface area contributed by atoms with Crippen LogP contribution in [0.2, 0.25) is 0 Å². The van der Waals surface area contributed by atoms with Gasteiger partial charge in [0.05, 0.1) is 12.7 Å². The molecule has 0 aromatic carbocycles. The van der Waals surface area contributed by atoms with Crippen LogP contribution >= 0.6 is 11.8 Å². The van der Waals surface area contributed by atoms with Crippen LogP contribution in [0.15, 0.2) is 21.6 Å². The van der Waals surface area contributed by atoms with Crippen molar-refractivity contribution < 1.29 is 19.1 Å². The van der Waals surface area contributed by atoms with E-state index in [1.165, 1.54) is 17.8 Å². The van der Waals surface area contributed by atoms with Gasteiger partial charge in [0.25, 0.3) is 0 Å². The second-order valence-electron chi connectivity index (χ2n) is 4.12. The molecule has 1 unspecified atom stereocenters. The summed E-state index contributed by atoms with van der Waals surface area (Å²) in [6.07, 6.45) is 0.182. The number of ether oxygens (including phenoxy) is 1. The largest absolute Gasteiger partial charge is 0.475 e. The third kappa shape index (κ3) is 3.51. The van der Waals surface area contributed by atoms with E-state index in [9.17, 15) is 4.79 Å². The van der Waals surface area contributed by atoms with Gasteiger partial charge in [0.1, 0.15) is 0 Å². The molecule has 2 rings (SSSR count). The maximum atomic E-state index is 10.7. The van der Waals surface area contributed by atoms with Crippen molar-refractivity contribution in [1.82, 2.24) is 4.90 Å². The number of carbonyl (C=O) groups is 1. The number of hydrogen-bond donors (Lipinski definition) is 1. The number of rotatable bonds is 5. The van der Waals surface area contributed by atoms with Crippen LogP contribution in [0.3, 0.4) is 0 Å². The average Bonchev–Trinajstić information content (AvgIpc) is 2.85. The molecule has 1 aliphatic rings. The van der Waals surface area contributed by atoms with E-state index >= 15 is 0 Å². The van der Waals surface area contributed by atoms with Crippen LogP contribution in [0.25, 0.3) is 0 Å². The molecule has 2 heterocycles. The molecule has 1 aliphatic heterocycles. The maximum absolute atomic E-state index is 10.7. The van der Waals surface area contributed by atoms with Gasteiger partial charge in [0, 0.05) is 18.8 Å². The van der Waals surface area contributed by atoms with Gasteiger partial charge in [-0.3, -0.25) is 4.90 Å². The van der Waals surface area contributed by atoms with Crippen LogP contribution in [0.4, 0.5) is 0 Å². The van der Waals surface area contributed by atoms with Crippen molar-refractivity contribution in [3.63, 3.8) is 0 Å². The lowest BCUT2D eigenvalue weighted by atomic mass is 10.3. The first-order chi connectivity index (χ1) is 8.69. The van der Waals surface area contributed by atoms with Gasteiger partial charge >= 0.3 is 5.97 Å². The van der Waals surface area contributed by atoms with Crippen molar-refractivity contribution in [2.45, 2.75) is 18.1 Å². The van der Waals surface area contributed by atoms with Crippen molar-refractivity contribution in [1.29, 1.82) is 0 Å². The van der Waals surface area contributed by atoms with Gasteiger partial charge in [-0.15, -0.1) is 0 Å². The average molecular weight is 271 g/mol. The minimum absolute atomic E-state index is 0.0164.